The van der Waals surface area contributed by atoms with Crippen LogP contribution in [0.15, 0.2) is 150 Å². The summed E-state index contributed by atoms with van der Waals surface area (Å²) in [5.74, 6) is -2.97. The number of benzene rings is 6. The van der Waals surface area contributed by atoms with E-state index in [2.05, 4.69) is 50.4 Å². The number of fused-ring (bicyclic) bond motifs is 1. The molecule has 0 atom stereocenters. The number of ether oxygens (including phenoxy) is 1. The fraction of sp³-hybridized carbons (Fsp3) is 0.0263. The summed E-state index contributed by atoms with van der Waals surface area (Å²) in [5.41, 5.74) is 3.20. The van der Waals surface area contributed by atoms with E-state index in [9.17, 15) is 30.0 Å². The average molecular weight is 789 g/mol. The van der Waals surface area contributed by atoms with Crippen molar-refractivity contribution in [2.75, 3.05) is 12.4 Å². The molecule has 0 spiro atoms. The molecule has 18 nitrogen and oxygen atoms in total. The van der Waals surface area contributed by atoms with E-state index in [4.69, 9.17) is 9.99 Å². The Labute approximate surface area is 325 Å². The summed E-state index contributed by atoms with van der Waals surface area (Å²) in [7, 11) is 1.43. The van der Waals surface area contributed by atoms with E-state index in [0.717, 1.165) is 0 Å². The standard InChI is InChI=1S/C38H28N8O10S/c1-54-20-39-32-19-28(12-14-31(32)45-42-25-10-8-24(9-11-25)41-43-27-13-15-33(47)30(18-27)38(51)52)44-46-35-34(57-56-55-53)16-22-4-7-26(17-29(22)36(35)48)40-23-5-2-21(3-6-23)37(49)50/h2-20,40,47-48,53H,1H3,(H,49,50)(H,51,52). The molecule has 6 N–H and O–H groups in total. The molecule has 0 saturated carbocycles. The van der Waals surface area contributed by atoms with Crippen LogP contribution in [0.25, 0.3) is 10.8 Å². The van der Waals surface area contributed by atoms with E-state index in [0.29, 0.717) is 62.6 Å². The van der Waals surface area contributed by atoms with Crippen molar-refractivity contribution in [1.82, 2.24) is 0 Å². The fourth-order valence-electron chi connectivity index (χ4n) is 5.04. The Hall–Kier alpha value is -7.58. The Morgan fingerprint density at radius 1 is 0.667 bits per heavy atom. The van der Waals surface area contributed by atoms with Crippen LogP contribution >= 0.6 is 12.0 Å². The van der Waals surface area contributed by atoms with Crippen molar-refractivity contribution in [1.29, 1.82) is 0 Å². The maximum Gasteiger partial charge on any atom is 0.339 e. The lowest BCUT2D eigenvalue weighted by atomic mass is 10.1. The highest BCUT2D eigenvalue weighted by Crippen LogP contribution is 2.45. The molecule has 286 valence electrons. The first-order valence-electron chi connectivity index (χ1n) is 16.3. The van der Waals surface area contributed by atoms with Gasteiger partial charge in [0.15, 0.2) is 12.2 Å². The zero-order chi connectivity index (χ0) is 40.3. The number of aliphatic imine (C=N–C) groups is 1. The molecule has 0 heterocycles. The molecule has 0 fully saturated rings. The molecule has 6 aromatic rings. The quantitative estimate of drug-likeness (QED) is 0.0142. The number of rotatable bonds is 15. The average Bonchev–Trinajstić information content (AvgIpc) is 3.21. The molecule has 6 aromatic carbocycles. The van der Waals surface area contributed by atoms with Crippen molar-refractivity contribution in [2.45, 2.75) is 4.90 Å². The second-order valence-corrected chi connectivity index (χ2v) is 12.3. The molecule has 0 amide bonds. The second-order valence-electron chi connectivity index (χ2n) is 11.5. The summed E-state index contributed by atoms with van der Waals surface area (Å²) in [5, 5.41) is 81.5. The Kier molecular flexibility index (Phi) is 12.5. The van der Waals surface area contributed by atoms with Gasteiger partial charge in [0.25, 0.3) is 0 Å². The van der Waals surface area contributed by atoms with Gasteiger partial charge < -0.3 is 30.5 Å². The number of phenols is 2. The lowest BCUT2D eigenvalue weighted by Gasteiger charge is -2.12. The van der Waals surface area contributed by atoms with Gasteiger partial charge in [-0.05, 0) is 109 Å². The summed E-state index contributed by atoms with van der Waals surface area (Å²) in [6.45, 7) is 0. The van der Waals surface area contributed by atoms with Crippen LogP contribution in [0.2, 0.25) is 0 Å². The molecule has 0 aliphatic rings. The van der Waals surface area contributed by atoms with Crippen LogP contribution in [0.1, 0.15) is 20.7 Å². The van der Waals surface area contributed by atoms with E-state index in [1.807, 2.05) is 0 Å². The number of azo groups is 3. The lowest BCUT2D eigenvalue weighted by Crippen LogP contribution is -1.96. The molecular weight excluding hydrogens is 761 g/mol. The number of phenolic OH excluding ortho intramolecular Hbond substituents is 1. The molecular formula is C38H28N8O10S. The molecule has 0 radical (unpaired) electrons. The molecule has 0 aliphatic carbocycles. The number of nitrogens with zero attached hydrogens (tertiary/aromatic N) is 7. The van der Waals surface area contributed by atoms with Gasteiger partial charge in [0, 0.05) is 16.8 Å². The van der Waals surface area contributed by atoms with Gasteiger partial charge in [-0.3, -0.25) is 0 Å². The van der Waals surface area contributed by atoms with Crippen molar-refractivity contribution in [3.63, 3.8) is 0 Å². The summed E-state index contributed by atoms with van der Waals surface area (Å²) >= 11 is 0.591. The molecule has 0 bridgehead atoms. The van der Waals surface area contributed by atoms with Crippen LogP contribution in [0.3, 0.4) is 0 Å². The minimum atomic E-state index is -1.29. The zero-order valence-corrected chi connectivity index (χ0v) is 30.1. The van der Waals surface area contributed by atoms with Gasteiger partial charge in [0.2, 0.25) is 0 Å². The first-order chi connectivity index (χ1) is 27.6. The third-order valence-electron chi connectivity index (χ3n) is 7.76. The Morgan fingerprint density at radius 2 is 1.30 bits per heavy atom. The van der Waals surface area contributed by atoms with Gasteiger partial charge >= 0.3 is 11.9 Å². The Bertz CT molecular complexity index is 2570. The Balaban J connectivity index is 1.23. The largest absolute Gasteiger partial charge is 0.507 e. The highest BCUT2D eigenvalue weighted by Gasteiger charge is 2.16. The summed E-state index contributed by atoms with van der Waals surface area (Å²) in [4.78, 5) is 27.0. The summed E-state index contributed by atoms with van der Waals surface area (Å²) in [6.07, 6.45) is 1.20. The smallest absolute Gasteiger partial charge is 0.339 e. The van der Waals surface area contributed by atoms with Gasteiger partial charge in [0.1, 0.15) is 22.7 Å². The minimum absolute atomic E-state index is 0.00530. The molecule has 0 unspecified atom stereocenters. The number of carbonyl (C=O) groups is 2. The molecule has 57 heavy (non-hydrogen) atoms. The summed E-state index contributed by atoms with van der Waals surface area (Å²) in [6, 6.07) is 28.2. The number of carboxylic acid groups (broad SMARTS) is 2. The van der Waals surface area contributed by atoms with Crippen molar-refractivity contribution < 1.29 is 49.4 Å². The van der Waals surface area contributed by atoms with E-state index >= 15 is 0 Å². The number of aromatic hydroxyl groups is 2. The van der Waals surface area contributed by atoms with Gasteiger partial charge in [0.05, 0.1) is 58.0 Å². The van der Waals surface area contributed by atoms with Crippen LogP contribution in [0.5, 0.6) is 11.5 Å². The Morgan fingerprint density at radius 3 is 1.98 bits per heavy atom. The first kappa shape index (κ1) is 39.1. The van der Waals surface area contributed by atoms with Crippen LogP contribution < -0.4 is 5.32 Å². The maximum absolute atomic E-state index is 11.4. The van der Waals surface area contributed by atoms with Gasteiger partial charge in [-0.1, -0.05) is 11.1 Å². The molecule has 0 aliphatic heterocycles. The van der Waals surface area contributed by atoms with Crippen LogP contribution in [0.4, 0.5) is 51.2 Å². The number of carboxylic acids is 2. The fourth-order valence-corrected chi connectivity index (χ4v) is 5.54. The highest BCUT2D eigenvalue weighted by atomic mass is 32.2. The zero-order valence-electron chi connectivity index (χ0n) is 29.3. The normalized spacial score (nSPS) is 11.7. The van der Waals surface area contributed by atoms with Crippen molar-refractivity contribution in [2.24, 2.45) is 35.7 Å². The third kappa shape index (κ3) is 9.95. The van der Waals surface area contributed by atoms with Crippen LogP contribution in [0, 0.1) is 0 Å². The van der Waals surface area contributed by atoms with Gasteiger partial charge in [-0.15, -0.1) is 14.6 Å². The summed E-state index contributed by atoms with van der Waals surface area (Å²) < 4.78 is 9.66. The predicted octanol–water partition coefficient (Wildman–Crippen LogP) is 11.4. The SMILES string of the molecule is COC=Nc1cc(N=Nc2c(SOOO)cc3ccc(Nc4ccc(C(=O)O)cc4)cc3c2O)ccc1N=Nc1ccc(N=Nc2ccc(O)c(C(=O)O)c2)cc1. The number of anilines is 2. The van der Waals surface area contributed by atoms with Crippen LogP contribution in [-0.4, -0.2) is 51.1 Å². The number of aromatic carboxylic acids is 2. The predicted molar refractivity (Wildman–Crippen MR) is 209 cm³/mol. The molecule has 6 rings (SSSR count). The van der Waals surface area contributed by atoms with Crippen molar-refractivity contribution in [3.8, 4) is 11.5 Å². The van der Waals surface area contributed by atoms with E-state index in [1.165, 1.54) is 43.8 Å². The van der Waals surface area contributed by atoms with Crippen LogP contribution in [-0.2, 0) is 14.1 Å². The highest BCUT2D eigenvalue weighted by molar-refractivity contribution is 7.94. The molecule has 0 saturated heterocycles. The number of hydrogen-bond acceptors (Lipinski definition) is 17. The second kappa shape index (κ2) is 18.2. The van der Waals surface area contributed by atoms with E-state index in [1.54, 1.807) is 78.9 Å². The third-order valence-corrected chi connectivity index (χ3v) is 8.38. The number of hydrogen-bond donors (Lipinski definition) is 6. The maximum atomic E-state index is 11.4. The topological polar surface area (TPSA) is 262 Å². The van der Waals surface area contributed by atoms with Crippen molar-refractivity contribution >= 4 is 92.3 Å². The monoisotopic (exact) mass is 788 g/mol. The van der Waals surface area contributed by atoms with E-state index < -0.39 is 11.9 Å². The minimum Gasteiger partial charge on any atom is -0.507 e. The van der Waals surface area contributed by atoms with E-state index in [-0.39, 0.29) is 38.9 Å². The molecule has 19 heteroatoms. The van der Waals surface area contributed by atoms with Gasteiger partial charge in [-0.25, -0.2) is 19.8 Å². The first-order valence-corrected chi connectivity index (χ1v) is 17.0. The number of nitrogens with one attached hydrogen (secondary N) is 1. The number of methoxy groups -OCH3 is 1. The lowest BCUT2D eigenvalue weighted by molar-refractivity contribution is -0.432. The van der Waals surface area contributed by atoms with Gasteiger partial charge in [-0.2, -0.15) is 20.5 Å². The van der Waals surface area contributed by atoms with Crippen molar-refractivity contribution in [3.05, 3.63) is 120 Å². The molecule has 0 aromatic heterocycles.